The molecule has 0 fully saturated rings. The molecule has 0 spiro atoms. The molecule has 0 rings (SSSR count). The highest BCUT2D eigenvalue weighted by molar-refractivity contribution is 5.77. The standard InChI is InChI=1S/C13H26N2O3/c1-10(2)13(17)14-9-7-5-6-8-12(16)15-18-11(3)4/h10-11H,5-9H2,1-4H3,(H,14,17)(H,15,16). The molecule has 0 atom stereocenters. The predicted octanol–water partition coefficient (Wildman–Crippen LogP) is 1.78. The molecule has 0 aliphatic rings. The maximum absolute atomic E-state index is 11.3. The largest absolute Gasteiger partial charge is 0.356 e. The van der Waals surface area contributed by atoms with E-state index in [4.69, 9.17) is 4.84 Å². The fourth-order valence-corrected chi connectivity index (χ4v) is 1.24. The highest BCUT2D eigenvalue weighted by Gasteiger charge is 2.05. The molecule has 5 heteroatoms. The van der Waals surface area contributed by atoms with E-state index in [1.165, 1.54) is 0 Å². The van der Waals surface area contributed by atoms with Crippen LogP contribution in [0.3, 0.4) is 0 Å². The zero-order valence-electron chi connectivity index (χ0n) is 11.9. The molecule has 18 heavy (non-hydrogen) atoms. The fourth-order valence-electron chi connectivity index (χ4n) is 1.24. The molecule has 0 aliphatic carbocycles. The molecular weight excluding hydrogens is 232 g/mol. The van der Waals surface area contributed by atoms with E-state index >= 15 is 0 Å². The van der Waals surface area contributed by atoms with Gasteiger partial charge in [0.05, 0.1) is 6.10 Å². The third kappa shape index (κ3) is 10.1. The second kappa shape index (κ2) is 9.88. The molecule has 0 saturated heterocycles. The Balaban J connectivity index is 3.35. The zero-order chi connectivity index (χ0) is 14.0. The van der Waals surface area contributed by atoms with Crippen molar-refractivity contribution in [2.75, 3.05) is 6.54 Å². The van der Waals surface area contributed by atoms with E-state index in [0.29, 0.717) is 13.0 Å². The van der Waals surface area contributed by atoms with Crippen LogP contribution in [-0.2, 0) is 14.4 Å². The van der Waals surface area contributed by atoms with Crippen LogP contribution in [0, 0.1) is 5.92 Å². The van der Waals surface area contributed by atoms with Crippen LogP contribution in [0.5, 0.6) is 0 Å². The summed E-state index contributed by atoms with van der Waals surface area (Å²) in [4.78, 5) is 27.5. The summed E-state index contributed by atoms with van der Waals surface area (Å²) in [6.45, 7) is 8.14. The van der Waals surface area contributed by atoms with E-state index in [1.54, 1.807) is 0 Å². The highest BCUT2D eigenvalue weighted by atomic mass is 16.7. The minimum Gasteiger partial charge on any atom is -0.356 e. The van der Waals surface area contributed by atoms with Crippen molar-refractivity contribution in [1.82, 2.24) is 10.8 Å². The summed E-state index contributed by atoms with van der Waals surface area (Å²) in [5.41, 5.74) is 2.40. The SMILES string of the molecule is CC(C)ONC(=O)CCCCCNC(=O)C(C)C. The topological polar surface area (TPSA) is 67.4 Å². The van der Waals surface area contributed by atoms with Crippen LogP contribution < -0.4 is 10.8 Å². The molecule has 0 aromatic heterocycles. The Morgan fingerprint density at radius 2 is 1.72 bits per heavy atom. The van der Waals surface area contributed by atoms with Crippen LogP contribution in [0.15, 0.2) is 0 Å². The lowest BCUT2D eigenvalue weighted by molar-refractivity contribution is -0.137. The first-order valence-corrected chi connectivity index (χ1v) is 6.65. The number of hydroxylamine groups is 1. The van der Waals surface area contributed by atoms with E-state index in [1.807, 2.05) is 27.7 Å². The van der Waals surface area contributed by atoms with Gasteiger partial charge in [-0.1, -0.05) is 20.3 Å². The number of carbonyl (C=O) groups excluding carboxylic acids is 2. The van der Waals surface area contributed by atoms with E-state index in [0.717, 1.165) is 19.3 Å². The van der Waals surface area contributed by atoms with Crippen molar-refractivity contribution < 1.29 is 14.4 Å². The van der Waals surface area contributed by atoms with Gasteiger partial charge < -0.3 is 5.32 Å². The first kappa shape index (κ1) is 16.9. The summed E-state index contributed by atoms with van der Waals surface area (Å²) in [7, 11) is 0. The van der Waals surface area contributed by atoms with E-state index < -0.39 is 0 Å². The molecule has 5 nitrogen and oxygen atoms in total. The number of rotatable bonds is 9. The van der Waals surface area contributed by atoms with Crippen LogP contribution in [0.2, 0.25) is 0 Å². The van der Waals surface area contributed by atoms with Crippen molar-refractivity contribution in [3.63, 3.8) is 0 Å². The van der Waals surface area contributed by atoms with Crippen molar-refractivity contribution in [3.8, 4) is 0 Å². The first-order valence-electron chi connectivity index (χ1n) is 6.65. The van der Waals surface area contributed by atoms with Crippen LogP contribution in [0.25, 0.3) is 0 Å². The van der Waals surface area contributed by atoms with Gasteiger partial charge in [0.1, 0.15) is 0 Å². The first-order chi connectivity index (χ1) is 8.43. The number of unbranched alkanes of at least 4 members (excludes halogenated alkanes) is 2. The minimum atomic E-state index is -0.0880. The number of nitrogens with one attached hydrogen (secondary N) is 2. The molecule has 0 aromatic rings. The Morgan fingerprint density at radius 1 is 1.06 bits per heavy atom. The molecule has 2 amide bonds. The Morgan fingerprint density at radius 3 is 2.28 bits per heavy atom. The molecule has 106 valence electrons. The summed E-state index contributed by atoms with van der Waals surface area (Å²) in [6, 6.07) is 0. The Hall–Kier alpha value is -1.10. The lowest BCUT2D eigenvalue weighted by Crippen LogP contribution is -2.28. The smallest absolute Gasteiger partial charge is 0.243 e. The number of hydrogen-bond acceptors (Lipinski definition) is 3. The molecule has 0 heterocycles. The maximum Gasteiger partial charge on any atom is 0.243 e. The van der Waals surface area contributed by atoms with Gasteiger partial charge in [-0.15, -0.1) is 0 Å². The molecule has 2 N–H and O–H groups in total. The molecule has 0 bridgehead atoms. The van der Waals surface area contributed by atoms with Crippen molar-refractivity contribution in [2.45, 2.75) is 59.5 Å². The molecule has 0 aromatic carbocycles. The Bertz CT molecular complexity index is 253. The monoisotopic (exact) mass is 258 g/mol. The van der Waals surface area contributed by atoms with Gasteiger partial charge in [-0.2, -0.15) is 0 Å². The van der Waals surface area contributed by atoms with Gasteiger partial charge in [-0.05, 0) is 26.7 Å². The molecular formula is C13H26N2O3. The van der Waals surface area contributed by atoms with Crippen LogP contribution >= 0.6 is 0 Å². The van der Waals surface area contributed by atoms with E-state index in [9.17, 15) is 9.59 Å². The van der Waals surface area contributed by atoms with Crippen molar-refractivity contribution in [2.24, 2.45) is 5.92 Å². The van der Waals surface area contributed by atoms with Gasteiger partial charge in [0.15, 0.2) is 0 Å². The zero-order valence-corrected chi connectivity index (χ0v) is 11.9. The normalized spacial score (nSPS) is 10.8. The van der Waals surface area contributed by atoms with Gasteiger partial charge in [-0.25, -0.2) is 5.48 Å². The van der Waals surface area contributed by atoms with Gasteiger partial charge >= 0.3 is 0 Å². The number of carbonyl (C=O) groups is 2. The molecule has 0 radical (unpaired) electrons. The quantitative estimate of drug-likeness (QED) is 0.489. The fraction of sp³-hybridized carbons (Fsp3) is 0.846. The summed E-state index contributed by atoms with van der Waals surface area (Å²) in [6.07, 6.45) is 3.10. The van der Waals surface area contributed by atoms with Crippen LogP contribution in [-0.4, -0.2) is 24.5 Å². The molecule has 0 saturated carbocycles. The third-order valence-corrected chi connectivity index (χ3v) is 2.31. The highest BCUT2D eigenvalue weighted by Crippen LogP contribution is 2.00. The van der Waals surface area contributed by atoms with Crippen molar-refractivity contribution in [3.05, 3.63) is 0 Å². The van der Waals surface area contributed by atoms with Crippen LogP contribution in [0.4, 0.5) is 0 Å². The summed E-state index contributed by atoms with van der Waals surface area (Å²) < 4.78 is 0. The second-order valence-electron chi connectivity index (χ2n) is 4.95. The lowest BCUT2D eigenvalue weighted by Gasteiger charge is -2.09. The maximum atomic E-state index is 11.3. The third-order valence-electron chi connectivity index (χ3n) is 2.31. The molecule has 0 unspecified atom stereocenters. The van der Waals surface area contributed by atoms with Gasteiger partial charge in [0, 0.05) is 18.9 Å². The number of hydrogen-bond donors (Lipinski definition) is 2. The summed E-state index contributed by atoms with van der Waals surface area (Å²) in [5.74, 6) is 0.0250. The summed E-state index contributed by atoms with van der Waals surface area (Å²) >= 11 is 0. The lowest BCUT2D eigenvalue weighted by atomic mass is 10.1. The predicted molar refractivity (Wildman–Crippen MR) is 70.7 cm³/mol. The van der Waals surface area contributed by atoms with E-state index in [-0.39, 0.29) is 23.8 Å². The Labute approximate surface area is 110 Å². The second-order valence-corrected chi connectivity index (χ2v) is 4.95. The van der Waals surface area contributed by atoms with Crippen LogP contribution in [0.1, 0.15) is 53.4 Å². The van der Waals surface area contributed by atoms with Gasteiger partial charge in [0.25, 0.3) is 0 Å². The van der Waals surface area contributed by atoms with Crippen molar-refractivity contribution >= 4 is 11.8 Å². The summed E-state index contributed by atoms with van der Waals surface area (Å²) in [5, 5.41) is 2.85. The minimum absolute atomic E-state index is 0.000181. The number of amides is 2. The van der Waals surface area contributed by atoms with E-state index in [2.05, 4.69) is 10.8 Å². The molecule has 0 aliphatic heterocycles. The Kier molecular flexibility index (Phi) is 9.28. The van der Waals surface area contributed by atoms with Gasteiger partial charge in [-0.3, -0.25) is 14.4 Å². The van der Waals surface area contributed by atoms with Gasteiger partial charge in [0.2, 0.25) is 11.8 Å². The van der Waals surface area contributed by atoms with Crippen molar-refractivity contribution in [1.29, 1.82) is 0 Å². The average Bonchev–Trinajstić information content (AvgIpc) is 2.30. The average molecular weight is 258 g/mol.